The average molecular weight is 320 g/mol. The molecule has 116 valence electrons. The molecule has 2 aliphatic rings. The van der Waals surface area contributed by atoms with E-state index in [0.717, 1.165) is 16.8 Å². The molecule has 0 amide bonds. The molecule has 11 heteroatoms. The van der Waals surface area contributed by atoms with Crippen molar-refractivity contribution in [1.29, 1.82) is 0 Å². The zero-order valence-electron chi connectivity index (χ0n) is 10.8. The topological polar surface area (TPSA) is 140 Å². The van der Waals surface area contributed by atoms with Crippen molar-refractivity contribution < 1.29 is 28.3 Å². The van der Waals surface area contributed by atoms with Gasteiger partial charge in [-0.25, -0.2) is 9.36 Å². The van der Waals surface area contributed by atoms with Crippen molar-refractivity contribution in [3.05, 3.63) is 33.1 Å². The second-order valence-corrected chi connectivity index (χ2v) is 6.47. The maximum atomic E-state index is 11.8. The summed E-state index contributed by atoms with van der Waals surface area (Å²) in [5.74, 6) is 0. The summed E-state index contributed by atoms with van der Waals surface area (Å²) in [5, 5.41) is 10.5. The molecule has 2 aliphatic heterocycles. The van der Waals surface area contributed by atoms with Crippen molar-refractivity contribution in [2.75, 3.05) is 6.61 Å². The van der Waals surface area contributed by atoms with Gasteiger partial charge < -0.3 is 14.7 Å². The minimum absolute atomic E-state index is 0.261. The molecule has 3 N–H and O–H groups in total. The molecule has 0 radical (unpaired) electrons. The van der Waals surface area contributed by atoms with E-state index in [4.69, 9.17) is 9.26 Å². The Hall–Kier alpha value is -1.29. The number of aromatic amines is 1. The molecule has 21 heavy (non-hydrogen) atoms. The smallest absolute Gasteiger partial charge is 0.383 e. The van der Waals surface area contributed by atoms with Gasteiger partial charge in [0.1, 0.15) is 17.8 Å². The summed E-state index contributed by atoms with van der Waals surface area (Å²) in [5.41, 5.74) is -3.14. The minimum Gasteiger partial charge on any atom is -0.383 e. The Kier molecular flexibility index (Phi) is 3.21. The Balaban J connectivity index is 2.00. The van der Waals surface area contributed by atoms with E-state index in [1.54, 1.807) is 0 Å². The number of H-pyrrole nitrogens is 1. The normalized spacial score (nSPS) is 42.7. The van der Waals surface area contributed by atoms with Crippen LogP contribution in [0, 0.1) is 0 Å². The largest absolute Gasteiger partial charge is 0.472 e. The quantitative estimate of drug-likeness (QED) is 0.542. The molecule has 0 saturated carbocycles. The maximum absolute atomic E-state index is 11.8. The van der Waals surface area contributed by atoms with Gasteiger partial charge in [-0.15, -0.1) is 0 Å². The molecule has 3 rings (SSSR count). The first-order valence-corrected chi connectivity index (χ1v) is 7.55. The predicted molar refractivity (Wildman–Crippen MR) is 66.5 cm³/mol. The standard InChI is InChI=1S/C10H13N2O8P/c1-10(15)7-5(4-18-21(16,17)20-7)19-8(10)12-3-2-6(13)11-9(12)14/h2-3,5,7-8,15H,4H2,1H3,(H,16,17)(H,11,13,14)/t5-,7-,8-,10+/m1/s1. The monoisotopic (exact) mass is 320 g/mol. The fraction of sp³-hybridized carbons (Fsp3) is 0.600. The summed E-state index contributed by atoms with van der Waals surface area (Å²) in [6.45, 7) is 1.05. The molecule has 0 aliphatic carbocycles. The van der Waals surface area contributed by atoms with Crippen LogP contribution in [0.15, 0.2) is 21.9 Å². The van der Waals surface area contributed by atoms with Crippen LogP contribution in [0.5, 0.6) is 0 Å². The van der Waals surface area contributed by atoms with Crippen LogP contribution in [0.3, 0.4) is 0 Å². The molecule has 10 nitrogen and oxygen atoms in total. The number of phosphoric ester groups is 1. The Bertz CT molecular complexity index is 724. The third-order valence-corrected chi connectivity index (χ3v) is 4.44. The third-order valence-electron chi connectivity index (χ3n) is 3.47. The number of phosphoric acid groups is 1. The number of nitrogens with zero attached hydrogens (tertiary/aromatic N) is 1. The van der Waals surface area contributed by atoms with Crippen molar-refractivity contribution in [2.24, 2.45) is 0 Å². The maximum Gasteiger partial charge on any atom is 0.472 e. The van der Waals surface area contributed by atoms with Crippen LogP contribution < -0.4 is 11.2 Å². The number of hydrogen-bond acceptors (Lipinski definition) is 7. The third kappa shape index (κ3) is 2.39. The molecular weight excluding hydrogens is 307 g/mol. The number of aromatic nitrogens is 2. The van der Waals surface area contributed by atoms with E-state index >= 15 is 0 Å². The molecule has 1 aromatic heterocycles. The van der Waals surface area contributed by atoms with Crippen molar-refractivity contribution >= 4 is 7.82 Å². The van der Waals surface area contributed by atoms with Crippen molar-refractivity contribution in [1.82, 2.24) is 9.55 Å². The molecule has 5 atom stereocenters. The van der Waals surface area contributed by atoms with Gasteiger partial charge in [0, 0.05) is 12.3 Å². The summed E-state index contributed by atoms with van der Waals surface area (Å²) in [4.78, 5) is 34.2. The van der Waals surface area contributed by atoms with Crippen LogP contribution in [-0.2, 0) is 18.3 Å². The zero-order chi connectivity index (χ0) is 15.4. The number of fused-ring (bicyclic) bond motifs is 1. The first kappa shape index (κ1) is 14.6. The highest BCUT2D eigenvalue weighted by atomic mass is 31.2. The number of ether oxygens (including phenoxy) is 1. The first-order valence-electron chi connectivity index (χ1n) is 6.06. The predicted octanol–water partition coefficient (Wildman–Crippen LogP) is -1.30. The minimum atomic E-state index is -4.26. The highest BCUT2D eigenvalue weighted by Crippen LogP contribution is 2.54. The summed E-state index contributed by atoms with van der Waals surface area (Å²) >= 11 is 0. The van der Waals surface area contributed by atoms with Gasteiger partial charge in [-0.2, -0.15) is 0 Å². The average Bonchev–Trinajstić information content (AvgIpc) is 2.61. The molecule has 0 aromatic carbocycles. The van der Waals surface area contributed by atoms with E-state index < -0.39 is 43.1 Å². The van der Waals surface area contributed by atoms with Gasteiger partial charge in [-0.05, 0) is 6.92 Å². The second-order valence-electron chi connectivity index (χ2n) is 5.06. The number of hydrogen-bond donors (Lipinski definition) is 3. The molecule has 0 bridgehead atoms. The Labute approximate surface area is 117 Å². The second kappa shape index (κ2) is 4.60. The van der Waals surface area contributed by atoms with E-state index in [1.807, 2.05) is 4.98 Å². The van der Waals surface area contributed by atoms with E-state index in [2.05, 4.69) is 4.52 Å². The summed E-state index contributed by atoms with van der Waals surface area (Å²) in [6.07, 6.45) is -2.00. The number of nitrogens with one attached hydrogen (secondary N) is 1. The molecule has 3 heterocycles. The van der Waals surface area contributed by atoms with Gasteiger partial charge in [-0.3, -0.25) is 23.4 Å². The van der Waals surface area contributed by atoms with Crippen LogP contribution in [0.4, 0.5) is 0 Å². The van der Waals surface area contributed by atoms with Gasteiger partial charge in [0.2, 0.25) is 0 Å². The van der Waals surface area contributed by atoms with Crippen LogP contribution >= 0.6 is 7.82 Å². The number of rotatable bonds is 1. The fourth-order valence-electron chi connectivity index (χ4n) is 2.49. The molecular formula is C10H13N2O8P. The van der Waals surface area contributed by atoms with Crippen LogP contribution in [0.2, 0.25) is 0 Å². The van der Waals surface area contributed by atoms with E-state index in [-0.39, 0.29) is 6.61 Å². The lowest BCUT2D eigenvalue weighted by molar-refractivity contribution is -0.0935. The van der Waals surface area contributed by atoms with Gasteiger partial charge in [0.05, 0.1) is 6.61 Å². The van der Waals surface area contributed by atoms with Crippen molar-refractivity contribution in [3.8, 4) is 0 Å². The van der Waals surface area contributed by atoms with Gasteiger partial charge in [0.25, 0.3) is 5.56 Å². The van der Waals surface area contributed by atoms with E-state index in [1.165, 1.54) is 6.92 Å². The van der Waals surface area contributed by atoms with Crippen LogP contribution in [0.25, 0.3) is 0 Å². The zero-order valence-corrected chi connectivity index (χ0v) is 11.7. The fourth-order valence-corrected chi connectivity index (χ4v) is 3.53. The summed E-state index contributed by atoms with van der Waals surface area (Å²) in [6, 6.07) is 1.09. The van der Waals surface area contributed by atoms with Crippen LogP contribution in [0.1, 0.15) is 13.2 Å². The molecule has 2 fully saturated rings. The number of aliphatic hydroxyl groups is 1. The highest BCUT2D eigenvalue weighted by Gasteiger charge is 2.59. The van der Waals surface area contributed by atoms with E-state index in [9.17, 15) is 24.2 Å². The molecule has 1 unspecified atom stereocenters. The lowest BCUT2D eigenvalue weighted by Gasteiger charge is -2.33. The summed E-state index contributed by atoms with van der Waals surface area (Å²) in [7, 11) is -4.26. The van der Waals surface area contributed by atoms with Crippen molar-refractivity contribution in [2.45, 2.75) is 31.0 Å². The Morgan fingerprint density at radius 1 is 1.52 bits per heavy atom. The Morgan fingerprint density at radius 3 is 2.90 bits per heavy atom. The first-order chi connectivity index (χ1) is 9.71. The lowest BCUT2D eigenvalue weighted by Crippen LogP contribution is -2.49. The molecule has 0 spiro atoms. The lowest BCUT2D eigenvalue weighted by atomic mass is 9.96. The van der Waals surface area contributed by atoms with Gasteiger partial charge in [0.15, 0.2) is 6.23 Å². The molecule has 2 saturated heterocycles. The van der Waals surface area contributed by atoms with Gasteiger partial charge >= 0.3 is 13.5 Å². The summed E-state index contributed by atoms with van der Waals surface area (Å²) < 4.78 is 27.4. The van der Waals surface area contributed by atoms with Gasteiger partial charge in [-0.1, -0.05) is 0 Å². The van der Waals surface area contributed by atoms with Crippen LogP contribution in [-0.4, -0.2) is 44.0 Å². The highest BCUT2D eigenvalue weighted by molar-refractivity contribution is 7.47. The van der Waals surface area contributed by atoms with Crippen molar-refractivity contribution in [3.63, 3.8) is 0 Å². The SMILES string of the molecule is C[C@]1(O)[C@@H]2OP(=O)(O)OC[C@H]2O[C@H]1n1ccc(=O)[nH]c1=O. The molecule has 1 aromatic rings. The van der Waals surface area contributed by atoms with E-state index in [0.29, 0.717) is 0 Å². The Morgan fingerprint density at radius 2 is 2.24 bits per heavy atom.